The van der Waals surface area contributed by atoms with Crippen LogP contribution in [0.4, 0.5) is 4.79 Å². The van der Waals surface area contributed by atoms with Gasteiger partial charge in [0.15, 0.2) is 6.61 Å². The van der Waals surface area contributed by atoms with Crippen molar-refractivity contribution in [2.45, 2.75) is 92.1 Å². The standard InChI is InChI=1S/C16H31NO7.C15H27NO8.C15H29NO6.C14H27NO7.C13H25NO6/c1-16(2,3)24-15(19)23-13-12-22-14(18)6-7-17(8-10-20-4)9-11-21-5;1-13(17)24-12-15(19)23-11-10-22-14(18)4-5-16(6-8-20-2)7-9-21-3;1-14(17)21-10-4-5-11-22-15(18)6-7-16(8-12-19-2)9-13-20-3;1-18-8-6-15(7-9-19-2)5-4-13(16)22-11-10-21-12-14(17)20-3;1-12(15)19-10-11-20-13(16)4-5-14(6-8-17-2)7-9-18-3/h6-13H2,1-5H3;4-12H2,1-3H3;4-13H2,1-3H3;4-12H2,1-3H3;4-11H2,1-3H3. The molecule has 0 unspecified atom stereocenters. The van der Waals surface area contributed by atoms with Gasteiger partial charge >= 0.3 is 65.8 Å². The van der Waals surface area contributed by atoms with E-state index in [2.05, 4.69) is 33.8 Å². The Morgan fingerprint density at radius 3 is 0.705 bits per heavy atom. The highest BCUT2D eigenvalue weighted by Crippen LogP contribution is 2.08. The zero-order valence-corrected chi connectivity index (χ0v) is 70.2. The Bertz CT molecular complexity index is 2270. The largest absolute Gasteiger partial charge is 0.508 e. The molecule has 0 aromatic carbocycles. The molecule has 0 aromatic rings. The molecule has 112 heavy (non-hydrogen) atoms. The summed E-state index contributed by atoms with van der Waals surface area (Å²) in [5.41, 5.74) is -0.609. The van der Waals surface area contributed by atoms with Gasteiger partial charge in [-0.05, 0) is 33.6 Å². The first-order valence-electron chi connectivity index (χ1n) is 37.0. The number of carbonyl (C=O) groups is 11. The number of hydrogen-bond acceptors (Lipinski definition) is 39. The summed E-state index contributed by atoms with van der Waals surface area (Å²) >= 11 is 0. The first kappa shape index (κ1) is 114. The summed E-state index contributed by atoms with van der Waals surface area (Å²) in [6, 6.07) is 0. The molecule has 0 spiro atoms. The molecule has 0 saturated carbocycles. The van der Waals surface area contributed by atoms with E-state index in [9.17, 15) is 52.7 Å². The maximum absolute atomic E-state index is 11.7. The van der Waals surface area contributed by atoms with Gasteiger partial charge in [0.2, 0.25) is 0 Å². The second kappa shape index (κ2) is 85.2. The van der Waals surface area contributed by atoms with Crippen LogP contribution >= 0.6 is 0 Å². The third-order valence-electron chi connectivity index (χ3n) is 13.9. The number of unbranched alkanes of at least 4 members (excludes halogenated alkanes) is 1. The Hall–Kier alpha value is -6.67. The van der Waals surface area contributed by atoms with Crippen molar-refractivity contribution in [3.8, 4) is 0 Å². The van der Waals surface area contributed by atoms with Crippen LogP contribution in [0.25, 0.3) is 0 Å². The third kappa shape index (κ3) is 92.2. The first-order chi connectivity index (χ1) is 53.6. The van der Waals surface area contributed by atoms with Crippen molar-refractivity contribution in [2.24, 2.45) is 0 Å². The highest BCUT2D eigenvalue weighted by Gasteiger charge is 2.19. The molecular formula is C73H139N5O34. The first-order valence-corrected chi connectivity index (χ1v) is 37.0. The van der Waals surface area contributed by atoms with Crippen LogP contribution in [0.15, 0.2) is 0 Å². The quantitative estimate of drug-likeness (QED) is 0.0475. The molecule has 0 aliphatic carbocycles. The second-order valence-electron chi connectivity index (χ2n) is 24.3. The molecule has 0 fully saturated rings. The molecule has 0 bridgehead atoms. The Balaban J connectivity index is -0.000000427. The predicted molar refractivity (Wildman–Crippen MR) is 404 cm³/mol. The number of hydrogen-bond donors (Lipinski definition) is 0. The van der Waals surface area contributed by atoms with Gasteiger partial charge in [0, 0.05) is 190 Å². The molecule has 0 aromatic heterocycles. The Morgan fingerprint density at radius 1 is 0.232 bits per heavy atom. The van der Waals surface area contributed by atoms with Gasteiger partial charge in [0.05, 0.1) is 125 Å². The lowest BCUT2D eigenvalue weighted by molar-refractivity contribution is -0.160. The van der Waals surface area contributed by atoms with E-state index >= 15 is 0 Å². The predicted octanol–water partition coefficient (Wildman–Crippen LogP) is 1.73. The summed E-state index contributed by atoms with van der Waals surface area (Å²) in [5.74, 6) is -3.94. The number of nitrogens with zero attached hydrogens (tertiary/aromatic N) is 5. The van der Waals surface area contributed by atoms with Gasteiger partial charge in [0.1, 0.15) is 58.5 Å². The number of methoxy groups -OCH3 is 11. The fraction of sp³-hybridized carbons (Fsp3) is 0.849. The number of carbonyl (C=O) groups excluding carboxylic acids is 11. The van der Waals surface area contributed by atoms with Gasteiger partial charge in [-0.15, -0.1) is 0 Å². The van der Waals surface area contributed by atoms with E-state index in [1.54, 1.807) is 91.9 Å². The van der Waals surface area contributed by atoms with Gasteiger partial charge in [-0.2, -0.15) is 0 Å². The lowest BCUT2D eigenvalue weighted by Crippen LogP contribution is -2.33. The third-order valence-corrected chi connectivity index (χ3v) is 13.9. The van der Waals surface area contributed by atoms with Crippen LogP contribution in [-0.2, 0) is 157 Å². The Kier molecular flexibility index (Phi) is 86.7. The van der Waals surface area contributed by atoms with Crippen LogP contribution in [0, 0.1) is 0 Å². The van der Waals surface area contributed by atoms with Crippen LogP contribution in [0.3, 0.4) is 0 Å². The van der Waals surface area contributed by atoms with Crippen molar-refractivity contribution in [3.05, 3.63) is 0 Å². The van der Waals surface area contributed by atoms with E-state index in [1.807, 2.05) is 4.90 Å². The molecule has 0 amide bonds. The zero-order chi connectivity index (χ0) is 85.1. The maximum Gasteiger partial charge on any atom is 0.508 e. The molecule has 0 saturated heterocycles. The molecule has 39 nitrogen and oxygen atoms in total. The van der Waals surface area contributed by atoms with Crippen LogP contribution in [0.5, 0.6) is 0 Å². The molecule has 0 aliphatic rings. The van der Waals surface area contributed by atoms with Crippen molar-refractivity contribution >= 4 is 65.8 Å². The van der Waals surface area contributed by atoms with E-state index in [0.29, 0.717) is 144 Å². The topological polar surface area (TPSA) is 416 Å². The zero-order valence-electron chi connectivity index (χ0n) is 70.2. The Morgan fingerprint density at radius 2 is 0.455 bits per heavy atom. The van der Waals surface area contributed by atoms with Crippen molar-refractivity contribution < 1.29 is 162 Å². The lowest BCUT2D eigenvalue weighted by atomic mass is 10.2. The highest BCUT2D eigenvalue weighted by molar-refractivity contribution is 5.75. The molecule has 39 heteroatoms. The highest BCUT2D eigenvalue weighted by atomic mass is 16.7. The summed E-state index contributed by atoms with van der Waals surface area (Å²) in [5, 5.41) is 0. The lowest BCUT2D eigenvalue weighted by Gasteiger charge is -2.21. The van der Waals surface area contributed by atoms with Gasteiger partial charge in [-0.3, -0.25) is 62.9 Å². The fourth-order valence-electron chi connectivity index (χ4n) is 7.94. The number of ether oxygens (including phenoxy) is 23. The van der Waals surface area contributed by atoms with Gasteiger partial charge in [0.25, 0.3) is 0 Å². The van der Waals surface area contributed by atoms with E-state index in [0.717, 1.165) is 52.4 Å². The van der Waals surface area contributed by atoms with E-state index in [4.69, 9.17) is 94.7 Å². The average Bonchev–Trinajstić information content (AvgIpc) is 0.963. The van der Waals surface area contributed by atoms with Crippen LogP contribution in [0.2, 0.25) is 0 Å². The molecule has 660 valence electrons. The molecule has 0 atom stereocenters. The van der Waals surface area contributed by atoms with Gasteiger partial charge in [-0.25, -0.2) is 14.4 Å². The van der Waals surface area contributed by atoms with Gasteiger partial charge < -0.3 is 109 Å². The molecule has 0 rings (SSSR count). The smallest absolute Gasteiger partial charge is 0.467 e. The van der Waals surface area contributed by atoms with Crippen LogP contribution in [0.1, 0.15) is 86.5 Å². The summed E-state index contributed by atoms with van der Waals surface area (Å²) in [6.07, 6.45) is 1.99. The van der Waals surface area contributed by atoms with E-state index in [1.165, 1.54) is 27.9 Å². The number of esters is 10. The monoisotopic (exact) mass is 1630 g/mol. The number of rotatable bonds is 66. The van der Waals surface area contributed by atoms with Crippen molar-refractivity contribution in [2.75, 3.05) is 322 Å². The molecule has 0 heterocycles. The molecule has 0 radical (unpaired) electrons. The van der Waals surface area contributed by atoms with Crippen molar-refractivity contribution in [1.82, 2.24) is 24.5 Å². The molecule has 0 aliphatic heterocycles. The summed E-state index contributed by atoms with van der Waals surface area (Å²) in [6.45, 7) is 25.7. The fourth-order valence-corrected chi connectivity index (χ4v) is 7.94. The van der Waals surface area contributed by atoms with Crippen molar-refractivity contribution in [1.29, 1.82) is 0 Å². The summed E-state index contributed by atoms with van der Waals surface area (Å²) in [7, 11) is 17.6. The van der Waals surface area contributed by atoms with Gasteiger partial charge in [-0.1, -0.05) is 0 Å². The SMILES string of the molecule is COCCN(CCOC)CCC(=O)OCCCCOC(C)=O.COCCN(CCOC)CCC(=O)OCCOC(=O)COC(C)=O.COCCN(CCOC)CCC(=O)OCCOC(=O)OC(C)(C)C.COCCN(CCOC)CCC(=O)OCCOC(C)=O.COCCN(CCOC)CCC(=O)OCCOCC(=O)OC. The molecule has 0 N–H and O–H groups in total. The normalized spacial score (nSPS) is 10.8. The minimum Gasteiger partial charge on any atom is -0.467 e. The van der Waals surface area contributed by atoms with E-state index in [-0.39, 0.29) is 127 Å². The minimum absolute atomic E-state index is 0.00815. The average molecular weight is 1630 g/mol. The maximum atomic E-state index is 11.7. The van der Waals surface area contributed by atoms with Crippen molar-refractivity contribution in [3.63, 3.8) is 0 Å². The minimum atomic E-state index is -0.774. The van der Waals surface area contributed by atoms with Crippen LogP contribution < -0.4 is 0 Å². The summed E-state index contributed by atoms with van der Waals surface area (Å²) in [4.78, 5) is 133. The second-order valence-corrected chi connectivity index (χ2v) is 24.3. The summed E-state index contributed by atoms with van der Waals surface area (Å²) < 4.78 is 113. The Labute approximate surface area is 663 Å². The molecular weight excluding hydrogens is 1490 g/mol. The van der Waals surface area contributed by atoms with E-state index < -0.39 is 36.3 Å². The van der Waals surface area contributed by atoms with Crippen LogP contribution in [-0.4, -0.2) is 418 Å².